The molecule has 0 radical (unpaired) electrons. The zero-order chi connectivity index (χ0) is 15.9. The van der Waals surface area contributed by atoms with Crippen molar-refractivity contribution in [1.82, 2.24) is 15.0 Å². The zero-order valence-electron chi connectivity index (χ0n) is 13.3. The summed E-state index contributed by atoms with van der Waals surface area (Å²) in [6.45, 7) is 8.03. The third kappa shape index (κ3) is 2.47. The monoisotopic (exact) mass is 302 g/mol. The molecule has 1 amide bonds. The van der Waals surface area contributed by atoms with Gasteiger partial charge in [-0.1, -0.05) is 19.0 Å². The number of pyridine rings is 1. The summed E-state index contributed by atoms with van der Waals surface area (Å²) in [6, 6.07) is 1.84. The maximum absolute atomic E-state index is 12.9. The summed E-state index contributed by atoms with van der Waals surface area (Å²) >= 11 is 0. The van der Waals surface area contributed by atoms with E-state index in [1.165, 1.54) is 0 Å². The molecule has 1 saturated heterocycles. The van der Waals surface area contributed by atoms with Crippen molar-refractivity contribution in [2.75, 3.05) is 19.6 Å². The first-order chi connectivity index (χ1) is 10.5. The topological polar surface area (TPSA) is 85.2 Å². The largest absolute Gasteiger partial charge is 0.338 e. The summed E-state index contributed by atoms with van der Waals surface area (Å²) in [5, 5.41) is 4.86. The number of rotatable bonds is 3. The number of carbonyl (C=O) groups excluding carboxylic acids is 1. The average molecular weight is 302 g/mol. The van der Waals surface area contributed by atoms with Crippen molar-refractivity contribution in [3.8, 4) is 0 Å². The molecule has 1 aliphatic rings. The third-order valence-electron chi connectivity index (χ3n) is 4.28. The lowest BCUT2D eigenvalue weighted by Crippen LogP contribution is -2.30. The zero-order valence-corrected chi connectivity index (χ0v) is 13.3. The van der Waals surface area contributed by atoms with Crippen LogP contribution < -0.4 is 5.73 Å². The molecule has 0 aromatic carbocycles. The van der Waals surface area contributed by atoms with E-state index in [9.17, 15) is 4.79 Å². The molecule has 1 atom stereocenters. The Kier molecular flexibility index (Phi) is 3.87. The highest BCUT2D eigenvalue weighted by Crippen LogP contribution is 2.29. The fourth-order valence-corrected chi connectivity index (χ4v) is 3.04. The van der Waals surface area contributed by atoms with E-state index in [1.807, 2.05) is 31.7 Å². The highest BCUT2D eigenvalue weighted by molar-refractivity contribution is 6.06. The van der Waals surface area contributed by atoms with Gasteiger partial charge >= 0.3 is 0 Å². The molecule has 0 bridgehead atoms. The predicted octanol–water partition coefficient (Wildman–Crippen LogP) is 2.08. The molecule has 2 aromatic heterocycles. The summed E-state index contributed by atoms with van der Waals surface area (Å²) < 4.78 is 5.34. The summed E-state index contributed by atoms with van der Waals surface area (Å²) in [5.41, 5.74) is 8.37. The normalized spacial score (nSPS) is 18.6. The molecule has 0 saturated carbocycles. The highest BCUT2D eigenvalue weighted by atomic mass is 16.5. The average Bonchev–Trinajstić information content (AvgIpc) is 3.11. The van der Waals surface area contributed by atoms with Crippen LogP contribution in [0.2, 0.25) is 0 Å². The van der Waals surface area contributed by atoms with Crippen LogP contribution in [0.4, 0.5) is 0 Å². The first kappa shape index (κ1) is 15.0. The molecule has 6 nitrogen and oxygen atoms in total. The Morgan fingerprint density at radius 3 is 2.95 bits per heavy atom. The Labute approximate surface area is 129 Å². The lowest BCUT2D eigenvalue weighted by molar-refractivity contribution is 0.0789. The highest BCUT2D eigenvalue weighted by Gasteiger charge is 2.29. The van der Waals surface area contributed by atoms with Crippen molar-refractivity contribution < 1.29 is 9.32 Å². The van der Waals surface area contributed by atoms with Gasteiger partial charge in [-0.05, 0) is 37.8 Å². The molecule has 2 aromatic rings. The molecule has 6 heteroatoms. The van der Waals surface area contributed by atoms with Crippen LogP contribution in [0.3, 0.4) is 0 Å². The van der Waals surface area contributed by atoms with Gasteiger partial charge in [-0.25, -0.2) is 4.98 Å². The Balaban J connectivity index is 2.05. The van der Waals surface area contributed by atoms with E-state index >= 15 is 0 Å². The number of nitrogens with zero attached hydrogens (tertiary/aromatic N) is 3. The van der Waals surface area contributed by atoms with Crippen LogP contribution in [-0.2, 0) is 0 Å². The quantitative estimate of drug-likeness (QED) is 0.938. The third-order valence-corrected chi connectivity index (χ3v) is 4.28. The number of hydrogen-bond donors (Lipinski definition) is 1. The van der Waals surface area contributed by atoms with Crippen LogP contribution >= 0.6 is 0 Å². The number of aryl methyl sites for hydroxylation is 1. The SMILES string of the molecule is Cc1cc(C(=O)N2CCC(CN)C2)c2c(C(C)C)noc2n1. The molecule has 2 N–H and O–H groups in total. The molecule has 1 aliphatic heterocycles. The molecule has 118 valence electrons. The summed E-state index contributed by atoms with van der Waals surface area (Å²) in [4.78, 5) is 19.2. The van der Waals surface area contributed by atoms with Crippen molar-refractivity contribution in [2.45, 2.75) is 33.1 Å². The van der Waals surface area contributed by atoms with E-state index in [4.69, 9.17) is 10.3 Å². The fourth-order valence-electron chi connectivity index (χ4n) is 3.04. The molecule has 0 spiro atoms. The first-order valence-corrected chi connectivity index (χ1v) is 7.77. The molecule has 3 rings (SSSR count). The van der Waals surface area contributed by atoms with Gasteiger partial charge in [0.25, 0.3) is 11.6 Å². The maximum Gasteiger partial charge on any atom is 0.259 e. The molecule has 3 heterocycles. The van der Waals surface area contributed by atoms with Crippen LogP contribution in [-0.4, -0.2) is 40.6 Å². The van der Waals surface area contributed by atoms with Gasteiger partial charge in [0.2, 0.25) is 0 Å². The van der Waals surface area contributed by atoms with Gasteiger partial charge in [0.05, 0.1) is 16.6 Å². The molecule has 1 unspecified atom stereocenters. The Bertz CT molecular complexity index is 707. The van der Waals surface area contributed by atoms with E-state index < -0.39 is 0 Å². The number of likely N-dealkylation sites (tertiary alicyclic amines) is 1. The number of aromatic nitrogens is 2. The van der Waals surface area contributed by atoms with E-state index in [2.05, 4.69) is 10.1 Å². The maximum atomic E-state index is 12.9. The van der Waals surface area contributed by atoms with E-state index in [0.717, 1.165) is 36.3 Å². The van der Waals surface area contributed by atoms with Gasteiger partial charge in [0, 0.05) is 18.8 Å². The van der Waals surface area contributed by atoms with E-state index in [-0.39, 0.29) is 11.8 Å². The smallest absolute Gasteiger partial charge is 0.259 e. The van der Waals surface area contributed by atoms with Gasteiger partial charge in [0.15, 0.2) is 0 Å². The van der Waals surface area contributed by atoms with Crippen LogP contribution in [0.1, 0.15) is 47.9 Å². The molecule has 1 fully saturated rings. The predicted molar refractivity (Wildman–Crippen MR) is 83.7 cm³/mol. The molecule has 0 aliphatic carbocycles. The van der Waals surface area contributed by atoms with Crippen molar-refractivity contribution in [3.05, 3.63) is 23.0 Å². The number of nitrogens with two attached hydrogens (primary N) is 1. The van der Waals surface area contributed by atoms with Gasteiger partial charge in [-0.15, -0.1) is 0 Å². The number of amides is 1. The lowest BCUT2D eigenvalue weighted by Gasteiger charge is -2.17. The summed E-state index contributed by atoms with van der Waals surface area (Å²) in [5.74, 6) is 0.596. The minimum atomic E-state index is 0.0246. The molecular weight excluding hydrogens is 280 g/mol. The second kappa shape index (κ2) is 5.68. The lowest BCUT2D eigenvalue weighted by atomic mass is 10.0. The van der Waals surface area contributed by atoms with Crippen molar-refractivity contribution >= 4 is 17.0 Å². The van der Waals surface area contributed by atoms with Crippen molar-refractivity contribution in [3.63, 3.8) is 0 Å². The first-order valence-electron chi connectivity index (χ1n) is 7.77. The van der Waals surface area contributed by atoms with Gasteiger partial charge in [-0.3, -0.25) is 4.79 Å². The Morgan fingerprint density at radius 2 is 2.32 bits per heavy atom. The van der Waals surface area contributed by atoms with Crippen LogP contribution in [0.5, 0.6) is 0 Å². The number of hydrogen-bond acceptors (Lipinski definition) is 5. The minimum Gasteiger partial charge on any atom is -0.338 e. The molecular formula is C16H22N4O2. The Hall–Kier alpha value is -1.95. The van der Waals surface area contributed by atoms with Crippen molar-refractivity contribution in [2.24, 2.45) is 11.7 Å². The van der Waals surface area contributed by atoms with E-state index in [1.54, 1.807) is 0 Å². The number of fused-ring (bicyclic) bond motifs is 1. The van der Waals surface area contributed by atoms with Crippen LogP contribution in [0, 0.1) is 12.8 Å². The van der Waals surface area contributed by atoms with Crippen LogP contribution in [0.25, 0.3) is 11.1 Å². The Morgan fingerprint density at radius 1 is 1.55 bits per heavy atom. The minimum absolute atomic E-state index is 0.0246. The standard InChI is InChI=1S/C16H22N4O2/c1-9(2)14-13-12(6-10(3)18-15(13)22-19-14)16(21)20-5-4-11(7-17)8-20/h6,9,11H,4-5,7-8,17H2,1-3H3. The van der Waals surface area contributed by atoms with Gasteiger partial charge < -0.3 is 15.2 Å². The summed E-state index contributed by atoms with van der Waals surface area (Å²) in [7, 11) is 0. The number of carbonyl (C=O) groups is 1. The fraction of sp³-hybridized carbons (Fsp3) is 0.562. The van der Waals surface area contributed by atoms with Gasteiger partial charge in [0.1, 0.15) is 0 Å². The van der Waals surface area contributed by atoms with Crippen LogP contribution in [0.15, 0.2) is 10.6 Å². The van der Waals surface area contributed by atoms with Crippen molar-refractivity contribution in [1.29, 1.82) is 0 Å². The van der Waals surface area contributed by atoms with Gasteiger partial charge in [-0.2, -0.15) is 0 Å². The van der Waals surface area contributed by atoms with E-state index in [0.29, 0.717) is 23.7 Å². The summed E-state index contributed by atoms with van der Waals surface area (Å²) in [6.07, 6.45) is 0.968. The second-order valence-electron chi connectivity index (χ2n) is 6.36. The second-order valence-corrected chi connectivity index (χ2v) is 6.36. The molecule has 22 heavy (non-hydrogen) atoms.